The molecule has 0 aromatic carbocycles. The van der Waals surface area contributed by atoms with Gasteiger partial charge in [0.2, 0.25) is 10.0 Å². The minimum Gasteiger partial charge on any atom is -0.330 e. The third-order valence-corrected chi connectivity index (χ3v) is 5.32. The molecule has 0 radical (unpaired) electrons. The molecule has 1 rings (SSSR count). The smallest absolute Gasteiger partial charge is 0.219 e. The lowest BCUT2D eigenvalue weighted by Crippen LogP contribution is -2.37. The van der Waals surface area contributed by atoms with Crippen LogP contribution < -0.4 is 5.73 Å². The standard InChI is InChI=1S/C8H18N2O2S.ClH/c1-8(4-5-8)13(11,12)10(2)7-3-6-9;/h3-7,9H2,1-2H3;1H. The van der Waals surface area contributed by atoms with Crippen LogP contribution >= 0.6 is 12.4 Å². The van der Waals surface area contributed by atoms with Crippen molar-refractivity contribution in [3.05, 3.63) is 0 Å². The summed E-state index contributed by atoms with van der Waals surface area (Å²) in [6.45, 7) is 2.88. The van der Waals surface area contributed by atoms with E-state index in [1.807, 2.05) is 0 Å². The topological polar surface area (TPSA) is 63.4 Å². The van der Waals surface area contributed by atoms with Crippen LogP contribution in [0.2, 0.25) is 0 Å². The van der Waals surface area contributed by atoms with Gasteiger partial charge < -0.3 is 5.73 Å². The molecule has 0 saturated heterocycles. The van der Waals surface area contributed by atoms with Gasteiger partial charge in [0.25, 0.3) is 0 Å². The van der Waals surface area contributed by atoms with E-state index >= 15 is 0 Å². The van der Waals surface area contributed by atoms with Crippen LogP contribution in [0.1, 0.15) is 26.2 Å². The number of nitrogens with two attached hydrogens (primary N) is 1. The number of hydrogen-bond acceptors (Lipinski definition) is 3. The van der Waals surface area contributed by atoms with Gasteiger partial charge in [-0.1, -0.05) is 0 Å². The van der Waals surface area contributed by atoms with E-state index in [9.17, 15) is 8.42 Å². The first-order valence-corrected chi connectivity index (χ1v) is 6.04. The van der Waals surface area contributed by atoms with Crippen LogP contribution in [0.5, 0.6) is 0 Å². The summed E-state index contributed by atoms with van der Waals surface area (Å²) in [5, 5.41) is 0. The molecule has 0 bridgehead atoms. The Labute approximate surface area is 92.3 Å². The molecule has 0 heterocycles. The van der Waals surface area contributed by atoms with Crippen LogP contribution in [-0.4, -0.2) is 37.6 Å². The molecular formula is C8H19ClN2O2S. The Bertz CT molecular complexity index is 275. The molecular weight excluding hydrogens is 224 g/mol. The Morgan fingerprint density at radius 2 is 1.93 bits per heavy atom. The normalized spacial score (nSPS) is 19.1. The van der Waals surface area contributed by atoms with E-state index in [1.165, 1.54) is 4.31 Å². The van der Waals surface area contributed by atoms with E-state index in [1.54, 1.807) is 14.0 Å². The van der Waals surface area contributed by atoms with E-state index in [0.29, 0.717) is 13.1 Å². The van der Waals surface area contributed by atoms with Crippen molar-refractivity contribution in [1.29, 1.82) is 0 Å². The van der Waals surface area contributed by atoms with Crippen molar-refractivity contribution >= 4 is 22.4 Å². The van der Waals surface area contributed by atoms with Gasteiger partial charge in [-0.2, -0.15) is 0 Å². The molecule has 4 nitrogen and oxygen atoms in total. The van der Waals surface area contributed by atoms with Gasteiger partial charge in [-0.05, 0) is 32.7 Å². The number of nitrogens with zero attached hydrogens (tertiary/aromatic N) is 1. The van der Waals surface area contributed by atoms with Crippen LogP contribution in [0.3, 0.4) is 0 Å². The molecule has 1 aliphatic carbocycles. The van der Waals surface area contributed by atoms with Gasteiger partial charge in [-0.25, -0.2) is 12.7 Å². The van der Waals surface area contributed by atoms with Gasteiger partial charge >= 0.3 is 0 Å². The Morgan fingerprint density at radius 3 is 2.29 bits per heavy atom. The highest BCUT2D eigenvalue weighted by Gasteiger charge is 2.51. The highest BCUT2D eigenvalue weighted by Crippen LogP contribution is 2.44. The fourth-order valence-electron chi connectivity index (χ4n) is 1.24. The van der Waals surface area contributed by atoms with E-state index < -0.39 is 14.8 Å². The monoisotopic (exact) mass is 242 g/mol. The minimum absolute atomic E-state index is 0. The summed E-state index contributed by atoms with van der Waals surface area (Å²) < 4.78 is 24.6. The SMILES string of the molecule is CN(CCCN)S(=O)(=O)C1(C)CC1.Cl. The third-order valence-electron chi connectivity index (χ3n) is 2.66. The zero-order valence-electron chi connectivity index (χ0n) is 8.69. The highest BCUT2D eigenvalue weighted by atomic mass is 35.5. The molecule has 0 amide bonds. The van der Waals surface area contributed by atoms with Gasteiger partial charge in [-0.15, -0.1) is 12.4 Å². The first-order chi connectivity index (χ1) is 5.94. The average Bonchev–Trinajstić information content (AvgIpc) is 2.80. The van der Waals surface area contributed by atoms with Crippen molar-refractivity contribution in [2.75, 3.05) is 20.1 Å². The van der Waals surface area contributed by atoms with Crippen LogP contribution in [0.15, 0.2) is 0 Å². The maximum absolute atomic E-state index is 11.8. The maximum Gasteiger partial charge on any atom is 0.219 e. The van der Waals surface area contributed by atoms with E-state index in [2.05, 4.69) is 0 Å². The molecule has 1 aliphatic rings. The molecule has 0 unspecified atom stereocenters. The average molecular weight is 243 g/mol. The first kappa shape index (κ1) is 14.2. The lowest BCUT2D eigenvalue weighted by molar-refractivity contribution is 0.453. The van der Waals surface area contributed by atoms with E-state index in [-0.39, 0.29) is 12.4 Å². The zero-order valence-corrected chi connectivity index (χ0v) is 10.3. The number of rotatable bonds is 5. The third kappa shape index (κ3) is 2.59. The number of halogens is 1. The van der Waals surface area contributed by atoms with E-state index in [4.69, 9.17) is 5.73 Å². The first-order valence-electron chi connectivity index (χ1n) is 4.60. The minimum atomic E-state index is -3.06. The molecule has 0 aliphatic heterocycles. The molecule has 2 N–H and O–H groups in total. The molecule has 86 valence electrons. The second-order valence-electron chi connectivity index (χ2n) is 3.92. The molecule has 1 fully saturated rings. The van der Waals surface area contributed by atoms with Gasteiger partial charge in [0, 0.05) is 13.6 Å². The van der Waals surface area contributed by atoms with Crippen LogP contribution in [0.25, 0.3) is 0 Å². The van der Waals surface area contributed by atoms with Crippen LogP contribution in [-0.2, 0) is 10.0 Å². The summed E-state index contributed by atoms with van der Waals surface area (Å²) in [4.78, 5) is 0. The number of hydrogen-bond donors (Lipinski definition) is 1. The Morgan fingerprint density at radius 1 is 1.43 bits per heavy atom. The van der Waals surface area contributed by atoms with Gasteiger partial charge in [0.15, 0.2) is 0 Å². The van der Waals surface area contributed by atoms with Crippen molar-refractivity contribution in [1.82, 2.24) is 4.31 Å². The zero-order chi connectivity index (χ0) is 10.1. The molecule has 1 saturated carbocycles. The summed E-state index contributed by atoms with van der Waals surface area (Å²) in [6, 6.07) is 0. The van der Waals surface area contributed by atoms with Crippen molar-refractivity contribution in [3.8, 4) is 0 Å². The largest absolute Gasteiger partial charge is 0.330 e. The fraction of sp³-hybridized carbons (Fsp3) is 1.00. The second-order valence-corrected chi connectivity index (χ2v) is 6.48. The fourth-order valence-corrected chi connectivity index (χ4v) is 2.98. The van der Waals surface area contributed by atoms with Crippen molar-refractivity contribution in [3.63, 3.8) is 0 Å². The summed E-state index contributed by atoms with van der Waals surface area (Å²) in [7, 11) is -1.43. The summed E-state index contributed by atoms with van der Waals surface area (Å²) >= 11 is 0. The predicted molar refractivity (Wildman–Crippen MR) is 60.1 cm³/mol. The van der Waals surface area contributed by atoms with Gasteiger partial charge in [0.05, 0.1) is 4.75 Å². The Hall–Kier alpha value is 0.160. The van der Waals surface area contributed by atoms with Crippen LogP contribution in [0.4, 0.5) is 0 Å². The van der Waals surface area contributed by atoms with E-state index in [0.717, 1.165) is 19.3 Å². The lowest BCUT2D eigenvalue weighted by atomic mass is 10.4. The lowest BCUT2D eigenvalue weighted by Gasteiger charge is -2.20. The second kappa shape index (κ2) is 4.79. The maximum atomic E-state index is 11.8. The molecule has 0 aromatic rings. The Balaban J connectivity index is 0.00000169. The Kier molecular flexibility index (Phi) is 4.84. The van der Waals surface area contributed by atoms with Crippen molar-refractivity contribution < 1.29 is 8.42 Å². The summed E-state index contributed by atoms with van der Waals surface area (Å²) in [5.74, 6) is 0. The highest BCUT2D eigenvalue weighted by molar-refractivity contribution is 7.90. The number of sulfonamides is 1. The molecule has 6 heteroatoms. The predicted octanol–water partition coefficient (Wildman–Crippen LogP) is 0.571. The van der Waals surface area contributed by atoms with Crippen LogP contribution in [0, 0.1) is 0 Å². The summed E-state index contributed by atoms with van der Waals surface area (Å²) in [5.41, 5.74) is 5.32. The van der Waals surface area contributed by atoms with Gasteiger partial charge in [-0.3, -0.25) is 0 Å². The molecule has 0 spiro atoms. The van der Waals surface area contributed by atoms with Crippen molar-refractivity contribution in [2.45, 2.75) is 30.9 Å². The van der Waals surface area contributed by atoms with Gasteiger partial charge in [0.1, 0.15) is 0 Å². The molecule has 0 aromatic heterocycles. The summed E-state index contributed by atoms with van der Waals surface area (Å²) in [6.07, 6.45) is 2.32. The quantitative estimate of drug-likeness (QED) is 0.767. The molecule has 0 atom stereocenters. The van der Waals surface area contributed by atoms with Crippen molar-refractivity contribution in [2.24, 2.45) is 5.73 Å². The molecule has 14 heavy (non-hydrogen) atoms.